The lowest BCUT2D eigenvalue weighted by atomic mass is 10.0. The van der Waals surface area contributed by atoms with Crippen LogP contribution in [0.4, 0.5) is 0 Å². The molecule has 1 unspecified atom stereocenters. The third-order valence-electron chi connectivity index (χ3n) is 3.38. The van der Waals surface area contributed by atoms with Crippen molar-refractivity contribution in [2.75, 3.05) is 13.1 Å². The quantitative estimate of drug-likeness (QED) is 0.724. The number of amides is 2. The molecule has 0 spiro atoms. The van der Waals surface area contributed by atoms with Crippen LogP contribution in [0.1, 0.15) is 44.2 Å². The van der Waals surface area contributed by atoms with Crippen LogP contribution >= 0.6 is 0 Å². The van der Waals surface area contributed by atoms with Crippen molar-refractivity contribution in [3.63, 3.8) is 0 Å². The Balaban J connectivity index is 2.50. The topological polar surface area (TPSA) is 89.4 Å². The minimum absolute atomic E-state index is 0.0145. The predicted octanol–water partition coefficient (Wildman–Crippen LogP) is 1.58. The highest BCUT2D eigenvalue weighted by Gasteiger charge is 2.16. The minimum atomic E-state index is -0.480. The molecule has 4 N–H and O–H groups in total. The molecule has 0 fully saturated rings. The van der Waals surface area contributed by atoms with E-state index >= 15 is 0 Å². The van der Waals surface area contributed by atoms with E-state index in [1.54, 1.807) is 0 Å². The van der Waals surface area contributed by atoms with Gasteiger partial charge in [-0.3, -0.25) is 9.59 Å². The summed E-state index contributed by atoms with van der Waals surface area (Å²) in [5.41, 5.74) is 12.3. The summed E-state index contributed by atoms with van der Waals surface area (Å²) in [5.74, 6) is -0.541. The summed E-state index contributed by atoms with van der Waals surface area (Å²) < 4.78 is 0. The summed E-state index contributed by atoms with van der Waals surface area (Å²) in [5, 5.41) is 0. The number of unbranched alkanes of at least 4 members (excludes halogenated alkanes) is 1. The van der Waals surface area contributed by atoms with Crippen LogP contribution in [-0.2, 0) is 9.59 Å². The van der Waals surface area contributed by atoms with E-state index in [-0.39, 0.29) is 18.5 Å². The van der Waals surface area contributed by atoms with Gasteiger partial charge in [-0.1, -0.05) is 43.7 Å². The van der Waals surface area contributed by atoms with Gasteiger partial charge >= 0.3 is 0 Å². The van der Waals surface area contributed by atoms with Crippen LogP contribution in [0.2, 0.25) is 0 Å². The maximum absolute atomic E-state index is 12.2. The second-order valence-electron chi connectivity index (χ2n) is 5.19. The largest absolute Gasteiger partial charge is 0.368 e. The molecule has 1 aromatic carbocycles. The number of rotatable bonds is 9. The first-order chi connectivity index (χ1) is 10.0. The number of carbonyl (C=O) groups is 2. The smallest absolute Gasteiger partial charge is 0.237 e. The molecule has 1 atom stereocenters. The van der Waals surface area contributed by atoms with Crippen molar-refractivity contribution in [1.82, 2.24) is 4.90 Å². The van der Waals surface area contributed by atoms with Crippen LogP contribution in [0.15, 0.2) is 30.3 Å². The van der Waals surface area contributed by atoms with Gasteiger partial charge < -0.3 is 16.4 Å². The summed E-state index contributed by atoms with van der Waals surface area (Å²) in [6.45, 7) is 2.59. The Morgan fingerprint density at radius 2 is 1.90 bits per heavy atom. The first kappa shape index (κ1) is 17.2. The fourth-order valence-corrected chi connectivity index (χ4v) is 2.13. The Labute approximate surface area is 126 Å². The molecule has 1 aromatic rings. The van der Waals surface area contributed by atoms with E-state index in [1.807, 2.05) is 37.3 Å². The molecule has 21 heavy (non-hydrogen) atoms. The molecule has 0 saturated carbocycles. The Hall–Kier alpha value is -1.88. The zero-order valence-electron chi connectivity index (χ0n) is 12.6. The van der Waals surface area contributed by atoms with Crippen LogP contribution in [0.3, 0.4) is 0 Å². The maximum Gasteiger partial charge on any atom is 0.237 e. The maximum atomic E-state index is 12.2. The fraction of sp³-hybridized carbons (Fsp3) is 0.500. The van der Waals surface area contributed by atoms with Crippen LogP contribution < -0.4 is 11.5 Å². The molecule has 0 aliphatic rings. The zero-order valence-corrected chi connectivity index (χ0v) is 12.6. The number of carbonyl (C=O) groups excluding carboxylic acids is 2. The van der Waals surface area contributed by atoms with Crippen molar-refractivity contribution in [1.29, 1.82) is 0 Å². The average molecular weight is 291 g/mol. The SMILES string of the molecule is CCCCN(CC(N)=O)C(=O)CCC(N)c1ccccc1. The second kappa shape index (κ2) is 9.13. The van der Waals surface area contributed by atoms with E-state index in [2.05, 4.69) is 0 Å². The second-order valence-corrected chi connectivity index (χ2v) is 5.19. The van der Waals surface area contributed by atoms with E-state index in [0.717, 1.165) is 18.4 Å². The highest BCUT2D eigenvalue weighted by Crippen LogP contribution is 2.16. The normalized spacial score (nSPS) is 11.9. The highest BCUT2D eigenvalue weighted by atomic mass is 16.2. The first-order valence-corrected chi connectivity index (χ1v) is 7.41. The molecule has 5 nitrogen and oxygen atoms in total. The number of primary amides is 1. The zero-order chi connectivity index (χ0) is 15.7. The average Bonchev–Trinajstić information content (AvgIpc) is 2.49. The Bertz CT molecular complexity index is 448. The molecule has 0 bridgehead atoms. The number of hydrogen-bond acceptors (Lipinski definition) is 3. The van der Waals surface area contributed by atoms with Gasteiger partial charge in [-0.25, -0.2) is 0 Å². The third-order valence-corrected chi connectivity index (χ3v) is 3.38. The van der Waals surface area contributed by atoms with E-state index < -0.39 is 5.91 Å². The minimum Gasteiger partial charge on any atom is -0.368 e. The van der Waals surface area contributed by atoms with Crippen molar-refractivity contribution in [2.45, 2.75) is 38.6 Å². The van der Waals surface area contributed by atoms with Crippen LogP contribution in [0, 0.1) is 0 Å². The first-order valence-electron chi connectivity index (χ1n) is 7.41. The van der Waals surface area contributed by atoms with Crippen molar-refractivity contribution >= 4 is 11.8 Å². The summed E-state index contributed by atoms with van der Waals surface area (Å²) in [7, 11) is 0. The lowest BCUT2D eigenvalue weighted by molar-refractivity contribution is -0.135. The monoisotopic (exact) mass is 291 g/mol. The molecule has 2 amide bonds. The molecule has 0 heterocycles. The van der Waals surface area contributed by atoms with E-state index in [0.29, 0.717) is 19.4 Å². The van der Waals surface area contributed by atoms with Crippen LogP contribution in [0.5, 0.6) is 0 Å². The van der Waals surface area contributed by atoms with E-state index in [1.165, 1.54) is 4.90 Å². The molecule has 5 heteroatoms. The van der Waals surface area contributed by atoms with Gasteiger partial charge in [0.1, 0.15) is 0 Å². The van der Waals surface area contributed by atoms with Crippen molar-refractivity contribution < 1.29 is 9.59 Å². The van der Waals surface area contributed by atoms with Gasteiger partial charge in [0.25, 0.3) is 0 Å². The standard InChI is InChI=1S/C16H25N3O2/c1-2-3-11-19(12-15(18)20)16(21)10-9-14(17)13-7-5-4-6-8-13/h4-8,14H,2-3,9-12,17H2,1H3,(H2,18,20). The van der Waals surface area contributed by atoms with E-state index in [4.69, 9.17) is 11.5 Å². The van der Waals surface area contributed by atoms with E-state index in [9.17, 15) is 9.59 Å². The number of nitrogens with zero attached hydrogens (tertiary/aromatic N) is 1. The number of hydrogen-bond donors (Lipinski definition) is 2. The predicted molar refractivity (Wildman–Crippen MR) is 83.3 cm³/mol. The molecule has 0 saturated heterocycles. The Kier molecular flexibility index (Phi) is 7.46. The summed E-state index contributed by atoms with van der Waals surface area (Å²) in [4.78, 5) is 24.8. The van der Waals surface area contributed by atoms with Gasteiger partial charge in [-0.2, -0.15) is 0 Å². The Morgan fingerprint density at radius 1 is 1.24 bits per heavy atom. The van der Waals surface area contributed by atoms with Gasteiger partial charge in [-0.05, 0) is 18.4 Å². The molecule has 0 radical (unpaired) electrons. The summed E-state index contributed by atoms with van der Waals surface area (Å²) >= 11 is 0. The molecule has 116 valence electrons. The van der Waals surface area contributed by atoms with Gasteiger partial charge in [0, 0.05) is 19.0 Å². The molecule has 0 aromatic heterocycles. The van der Waals surface area contributed by atoms with Crippen molar-refractivity contribution in [3.8, 4) is 0 Å². The van der Waals surface area contributed by atoms with Crippen LogP contribution in [-0.4, -0.2) is 29.8 Å². The van der Waals surface area contributed by atoms with Gasteiger partial charge in [0.15, 0.2) is 0 Å². The highest BCUT2D eigenvalue weighted by molar-refractivity contribution is 5.83. The number of nitrogens with two attached hydrogens (primary N) is 2. The lowest BCUT2D eigenvalue weighted by Crippen LogP contribution is -2.39. The molecule has 0 aliphatic heterocycles. The van der Waals surface area contributed by atoms with Crippen LogP contribution in [0.25, 0.3) is 0 Å². The van der Waals surface area contributed by atoms with Gasteiger partial charge in [0.05, 0.1) is 6.54 Å². The lowest BCUT2D eigenvalue weighted by Gasteiger charge is -2.22. The van der Waals surface area contributed by atoms with Gasteiger partial charge in [-0.15, -0.1) is 0 Å². The van der Waals surface area contributed by atoms with Gasteiger partial charge in [0.2, 0.25) is 11.8 Å². The Morgan fingerprint density at radius 3 is 2.48 bits per heavy atom. The molecule has 1 rings (SSSR count). The molecular formula is C16H25N3O2. The molecule has 0 aliphatic carbocycles. The van der Waals surface area contributed by atoms with Crippen molar-refractivity contribution in [2.24, 2.45) is 11.5 Å². The summed E-state index contributed by atoms with van der Waals surface area (Å²) in [6, 6.07) is 9.52. The number of benzene rings is 1. The summed E-state index contributed by atoms with van der Waals surface area (Å²) in [6.07, 6.45) is 2.72. The van der Waals surface area contributed by atoms with Crippen molar-refractivity contribution in [3.05, 3.63) is 35.9 Å². The molecular weight excluding hydrogens is 266 g/mol. The third kappa shape index (κ3) is 6.40. The fourth-order valence-electron chi connectivity index (χ4n) is 2.13.